The van der Waals surface area contributed by atoms with Crippen LogP contribution in [0.2, 0.25) is 0 Å². The van der Waals surface area contributed by atoms with Gasteiger partial charge in [-0.2, -0.15) is 5.26 Å². The molecule has 4 nitrogen and oxygen atoms in total. The molecular weight excluding hydrogens is 352 g/mol. The molecule has 0 bridgehead atoms. The van der Waals surface area contributed by atoms with Crippen LogP contribution < -0.4 is 0 Å². The van der Waals surface area contributed by atoms with Gasteiger partial charge < -0.3 is 4.57 Å². The van der Waals surface area contributed by atoms with Gasteiger partial charge in [0.1, 0.15) is 5.82 Å². The van der Waals surface area contributed by atoms with Gasteiger partial charge in [0.25, 0.3) is 0 Å². The van der Waals surface area contributed by atoms with Gasteiger partial charge in [0.05, 0.1) is 11.3 Å². The molecule has 3 aromatic rings. The molecule has 138 valence electrons. The quantitative estimate of drug-likeness (QED) is 0.549. The number of nitrogens with zero attached hydrogens (tertiary/aromatic N) is 4. The summed E-state index contributed by atoms with van der Waals surface area (Å²) < 4.78 is 2.33. The van der Waals surface area contributed by atoms with Gasteiger partial charge in [-0.1, -0.05) is 73.5 Å². The minimum absolute atomic E-state index is 0.123. The first-order chi connectivity index (χ1) is 13.3. The maximum atomic E-state index is 9.23. The van der Waals surface area contributed by atoms with E-state index >= 15 is 0 Å². The molecule has 0 radical (unpaired) electrons. The summed E-state index contributed by atoms with van der Waals surface area (Å²) in [6, 6.07) is 17.7. The highest BCUT2D eigenvalue weighted by molar-refractivity contribution is 8.00. The van der Waals surface area contributed by atoms with Gasteiger partial charge >= 0.3 is 0 Å². The van der Waals surface area contributed by atoms with Crippen LogP contribution >= 0.6 is 11.8 Å². The number of rotatable bonds is 5. The highest BCUT2D eigenvalue weighted by Crippen LogP contribution is 2.34. The molecule has 0 unspecified atom stereocenters. The Balaban J connectivity index is 1.72. The van der Waals surface area contributed by atoms with Crippen LogP contribution in [0, 0.1) is 11.3 Å². The number of benzene rings is 2. The van der Waals surface area contributed by atoms with Crippen molar-refractivity contribution < 1.29 is 0 Å². The minimum atomic E-state index is -0.123. The number of fused-ring (bicyclic) bond motifs is 1. The molecule has 27 heavy (non-hydrogen) atoms. The first-order valence-electron chi connectivity index (χ1n) is 9.73. The summed E-state index contributed by atoms with van der Waals surface area (Å²) in [7, 11) is 0. The van der Waals surface area contributed by atoms with E-state index in [2.05, 4.69) is 63.3 Å². The van der Waals surface area contributed by atoms with Crippen molar-refractivity contribution in [1.82, 2.24) is 14.8 Å². The smallest absolute Gasteiger partial charge is 0.192 e. The van der Waals surface area contributed by atoms with Crippen LogP contribution in [0.4, 0.5) is 0 Å². The normalized spacial score (nSPS) is 16.3. The lowest BCUT2D eigenvalue weighted by molar-refractivity contribution is 0.330. The van der Waals surface area contributed by atoms with Crippen LogP contribution in [-0.4, -0.2) is 20.0 Å². The molecule has 0 aliphatic heterocycles. The first-order valence-corrected chi connectivity index (χ1v) is 10.6. The molecule has 1 aliphatic carbocycles. The fraction of sp³-hybridized carbons (Fsp3) is 0.409. The van der Waals surface area contributed by atoms with E-state index < -0.39 is 0 Å². The van der Waals surface area contributed by atoms with Crippen molar-refractivity contribution in [2.24, 2.45) is 0 Å². The molecule has 1 heterocycles. The van der Waals surface area contributed by atoms with Crippen molar-refractivity contribution in [1.29, 1.82) is 5.26 Å². The van der Waals surface area contributed by atoms with E-state index in [-0.39, 0.29) is 5.25 Å². The lowest BCUT2D eigenvalue weighted by Crippen LogP contribution is -2.17. The molecule has 4 rings (SSSR count). The maximum Gasteiger partial charge on any atom is 0.192 e. The van der Waals surface area contributed by atoms with Crippen molar-refractivity contribution in [3.8, 4) is 6.07 Å². The number of nitriles is 1. The average Bonchev–Trinajstić information content (AvgIpc) is 3.10. The first kappa shape index (κ1) is 18.1. The summed E-state index contributed by atoms with van der Waals surface area (Å²) in [5.74, 6) is 1.02. The summed E-state index contributed by atoms with van der Waals surface area (Å²) in [6.45, 7) is 1.93. The SMILES string of the molecule is C[C@@H](C#N)Sc1nnc(Cc2cccc3ccccc23)n1C1CCCCC1. The summed E-state index contributed by atoms with van der Waals surface area (Å²) >= 11 is 1.53. The second kappa shape index (κ2) is 8.14. The lowest BCUT2D eigenvalue weighted by Gasteiger charge is -2.26. The third-order valence-electron chi connectivity index (χ3n) is 5.37. The third-order valence-corrected chi connectivity index (χ3v) is 6.32. The largest absolute Gasteiger partial charge is 0.303 e. The van der Waals surface area contributed by atoms with Crippen LogP contribution in [0.5, 0.6) is 0 Å². The van der Waals surface area contributed by atoms with E-state index in [1.165, 1.54) is 60.2 Å². The topological polar surface area (TPSA) is 54.5 Å². The van der Waals surface area contributed by atoms with Gasteiger partial charge in [0.15, 0.2) is 5.16 Å². The Morgan fingerprint density at radius 3 is 2.70 bits per heavy atom. The number of hydrogen-bond acceptors (Lipinski definition) is 4. The molecule has 1 atom stereocenters. The monoisotopic (exact) mass is 376 g/mol. The zero-order valence-electron chi connectivity index (χ0n) is 15.6. The standard InChI is InChI=1S/C22H24N4S/c1-16(15-23)27-22-25-24-21(26(22)19-11-3-2-4-12-19)14-18-10-7-9-17-8-5-6-13-20(17)18/h5-10,13,16,19H,2-4,11-12,14H2,1H3/t16-/m0/s1. The number of thioether (sulfide) groups is 1. The zero-order chi connectivity index (χ0) is 18.6. The van der Waals surface area contributed by atoms with Crippen LogP contribution in [0.1, 0.15) is 56.5 Å². The van der Waals surface area contributed by atoms with Crippen LogP contribution in [0.15, 0.2) is 47.6 Å². The van der Waals surface area contributed by atoms with E-state index in [0.717, 1.165) is 17.4 Å². The summed E-state index contributed by atoms with van der Waals surface area (Å²) in [4.78, 5) is 0. The second-order valence-corrected chi connectivity index (χ2v) is 8.57. The Morgan fingerprint density at radius 2 is 1.89 bits per heavy atom. The molecule has 0 spiro atoms. The zero-order valence-corrected chi connectivity index (χ0v) is 16.5. The fourth-order valence-electron chi connectivity index (χ4n) is 4.02. The molecule has 1 fully saturated rings. The predicted octanol–water partition coefficient (Wildman–Crippen LogP) is 5.53. The van der Waals surface area contributed by atoms with Crippen molar-refractivity contribution in [3.63, 3.8) is 0 Å². The predicted molar refractivity (Wildman–Crippen MR) is 110 cm³/mol. The van der Waals surface area contributed by atoms with Crippen molar-refractivity contribution in [3.05, 3.63) is 53.9 Å². The molecule has 1 aliphatic rings. The molecule has 0 saturated heterocycles. The van der Waals surface area contributed by atoms with Gasteiger partial charge in [0, 0.05) is 12.5 Å². The summed E-state index contributed by atoms with van der Waals surface area (Å²) in [5.41, 5.74) is 1.28. The highest BCUT2D eigenvalue weighted by atomic mass is 32.2. The Hall–Kier alpha value is -2.32. The molecule has 1 aromatic heterocycles. The van der Waals surface area contributed by atoms with Gasteiger partial charge in [-0.3, -0.25) is 0 Å². The van der Waals surface area contributed by atoms with E-state index in [4.69, 9.17) is 0 Å². The van der Waals surface area contributed by atoms with Crippen molar-refractivity contribution >= 4 is 22.5 Å². The van der Waals surface area contributed by atoms with Crippen LogP contribution in [-0.2, 0) is 6.42 Å². The van der Waals surface area contributed by atoms with Crippen LogP contribution in [0.3, 0.4) is 0 Å². The summed E-state index contributed by atoms with van der Waals surface area (Å²) in [5, 5.41) is 21.6. The molecular formula is C22H24N4S. The number of hydrogen-bond donors (Lipinski definition) is 0. The Bertz CT molecular complexity index is 961. The maximum absolute atomic E-state index is 9.23. The van der Waals surface area contributed by atoms with E-state index in [1.54, 1.807) is 0 Å². The fourth-order valence-corrected chi connectivity index (χ4v) is 4.84. The second-order valence-electron chi connectivity index (χ2n) is 7.26. The Morgan fingerprint density at radius 1 is 1.11 bits per heavy atom. The molecule has 0 amide bonds. The van der Waals surface area contributed by atoms with E-state index in [9.17, 15) is 5.26 Å². The van der Waals surface area contributed by atoms with Gasteiger partial charge in [-0.25, -0.2) is 0 Å². The van der Waals surface area contributed by atoms with E-state index in [1.807, 2.05) is 6.92 Å². The van der Waals surface area contributed by atoms with Gasteiger partial charge in [-0.15, -0.1) is 10.2 Å². The minimum Gasteiger partial charge on any atom is -0.303 e. The van der Waals surface area contributed by atoms with E-state index in [0.29, 0.717) is 6.04 Å². The van der Waals surface area contributed by atoms with Gasteiger partial charge in [-0.05, 0) is 36.1 Å². The average molecular weight is 377 g/mol. The van der Waals surface area contributed by atoms with Crippen molar-refractivity contribution in [2.75, 3.05) is 0 Å². The number of aromatic nitrogens is 3. The Labute approximate surface area is 164 Å². The lowest BCUT2D eigenvalue weighted by atomic mass is 9.95. The van der Waals surface area contributed by atoms with Gasteiger partial charge in [0.2, 0.25) is 0 Å². The third kappa shape index (κ3) is 3.86. The van der Waals surface area contributed by atoms with Crippen LogP contribution in [0.25, 0.3) is 10.8 Å². The summed E-state index contributed by atoms with van der Waals surface area (Å²) in [6.07, 6.45) is 6.95. The molecule has 5 heteroatoms. The van der Waals surface area contributed by atoms with Crippen molar-refractivity contribution in [2.45, 2.75) is 61.9 Å². The molecule has 2 aromatic carbocycles. The molecule has 0 N–H and O–H groups in total. The highest BCUT2D eigenvalue weighted by Gasteiger charge is 2.24. The molecule has 1 saturated carbocycles. The Kier molecular flexibility index (Phi) is 5.45.